The Morgan fingerprint density at radius 3 is 2.59 bits per heavy atom. The van der Waals surface area contributed by atoms with Crippen molar-refractivity contribution < 1.29 is 14.1 Å². The lowest BCUT2D eigenvalue weighted by Gasteiger charge is -2.04. The maximum atomic E-state index is 12.0. The Kier molecular flexibility index (Phi) is 3.30. The van der Waals surface area contributed by atoms with Gasteiger partial charge in [0.05, 0.1) is 15.8 Å². The second-order valence-electron chi connectivity index (χ2n) is 4.59. The summed E-state index contributed by atoms with van der Waals surface area (Å²) in [6.07, 6.45) is -0.211. The maximum absolute atomic E-state index is 12.0. The Labute approximate surface area is 123 Å². The van der Waals surface area contributed by atoms with Crippen molar-refractivity contribution in [1.82, 2.24) is 4.98 Å². The normalized spacial score (nSPS) is 10.6. The first kappa shape index (κ1) is 13.7. The summed E-state index contributed by atoms with van der Waals surface area (Å²) in [5.41, 5.74) is 0.629. The number of fused-ring (bicyclic) bond motifs is 1. The van der Waals surface area contributed by atoms with Crippen molar-refractivity contribution in [3.8, 4) is 11.8 Å². The third-order valence-corrected chi connectivity index (χ3v) is 3.10. The van der Waals surface area contributed by atoms with Gasteiger partial charge in [-0.15, -0.1) is 0 Å². The van der Waals surface area contributed by atoms with Gasteiger partial charge < -0.3 is 9.15 Å². The highest BCUT2D eigenvalue weighted by Crippen LogP contribution is 2.23. The summed E-state index contributed by atoms with van der Waals surface area (Å²) < 4.78 is 10.4. The summed E-state index contributed by atoms with van der Waals surface area (Å²) in [7, 11) is 0. The van der Waals surface area contributed by atoms with Crippen LogP contribution in [-0.2, 0) is 0 Å². The molecule has 0 aliphatic heterocycles. The summed E-state index contributed by atoms with van der Waals surface area (Å²) in [5, 5.41) is 11.0. The third kappa shape index (κ3) is 2.51. The number of hydrogen-bond acceptors (Lipinski definition) is 6. The molecule has 7 nitrogen and oxygen atoms in total. The number of hydrogen-bond donors (Lipinski definition) is 0. The zero-order chi connectivity index (χ0) is 15.7. The van der Waals surface area contributed by atoms with Crippen molar-refractivity contribution >= 4 is 16.6 Å². The molecule has 3 aromatic rings. The molecule has 0 fully saturated rings. The molecule has 0 aliphatic rings. The first-order valence-corrected chi connectivity index (χ1v) is 6.37. The minimum absolute atomic E-state index is 0.0594. The second kappa shape index (κ2) is 5.28. The fourth-order valence-corrected chi connectivity index (χ4v) is 2.04. The van der Waals surface area contributed by atoms with Crippen LogP contribution in [0.25, 0.3) is 10.9 Å². The van der Waals surface area contributed by atoms with Gasteiger partial charge in [-0.3, -0.25) is 10.1 Å². The molecule has 0 radical (unpaired) electrons. The van der Waals surface area contributed by atoms with E-state index in [0.717, 1.165) is 5.56 Å². The monoisotopic (exact) mass is 298 g/mol. The van der Waals surface area contributed by atoms with E-state index < -0.39 is 10.5 Å². The van der Waals surface area contributed by atoms with Crippen LogP contribution in [0.15, 0.2) is 51.7 Å². The van der Waals surface area contributed by atoms with Gasteiger partial charge in [0.1, 0.15) is 5.75 Å². The molecule has 7 heteroatoms. The van der Waals surface area contributed by atoms with Gasteiger partial charge >= 0.3 is 11.7 Å². The van der Waals surface area contributed by atoms with E-state index in [1.807, 2.05) is 0 Å². The van der Waals surface area contributed by atoms with Crippen LogP contribution in [0.4, 0.5) is 5.69 Å². The topological polar surface area (TPSA) is 95.5 Å². The molecule has 0 bridgehead atoms. The van der Waals surface area contributed by atoms with Crippen molar-refractivity contribution in [2.24, 2.45) is 0 Å². The van der Waals surface area contributed by atoms with Crippen LogP contribution >= 0.6 is 0 Å². The largest absolute Gasteiger partial charge is 0.411 e. The number of ether oxygens (including phenoxy) is 1. The molecule has 0 unspecified atom stereocenters. The third-order valence-electron chi connectivity index (χ3n) is 3.10. The minimum atomic E-state index is -0.542. The number of aromatic nitrogens is 1. The molecule has 0 saturated heterocycles. The Hall–Kier alpha value is -3.22. The molecule has 3 rings (SSSR count). The summed E-state index contributed by atoms with van der Waals surface area (Å²) in [6, 6.07) is 10.6. The minimum Gasteiger partial charge on any atom is -0.411 e. The van der Waals surface area contributed by atoms with Gasteiger partial charge in [0.25, 0.3) is 5.69 Å². The van der Waals surface area contributed by atoms with Crippen LogP contribution in [0.5, 0.6) is 11.8 Å². The smallest absolute Gasteiger partial charge is 0.402 e. The van der Waals surface area contributed by atoms with Crippen molar-refractivity contribution in [2.45, 2.75) is 6.92 Å². The molecule has 0 aliphatic carbocycles. The molecule has 1 aromatic heterocycles. The average Bonchev–Trinajstić information content (AvgIpc) is 2.47. The molecular weight excluding hydrogens is 288 g/mol. The van der Waals surface area contributed by atoms with Crippen LogP contribution in [0.3, 0.4) is 0 Å². The van der Waals surface area contributed by atoms with Crippen LogP contribution in [0, 0.1) is 17.0 Å². The highest BCUT2D eigenvalue weighted by atomic mass is 16.6. The van der Waals surface area contributed by atoms with E-state index in [2.05, 4.69) is 4.98 Å². The van der Waals surface area contributed by atoms with Gasteiger partial charge in [-0.05, 0) is 30.7 Å². The van der Waals surface area contributed by atoms with E-state index in [1.54, 1.807) is 25.1 Å². The number of nitrogens with zero attached hydrogens (tertiary/aromatic N) is 2. The van der Waals surface area contributed by atoms with Crippen LogP contribution in [0.1, 0.15) is 5.56 Å². The highest BCUT2D eigenvalue weighted by Gasteiger charge is 2.11. The highest BCUT2D eigenvalue weighted by molar-refractivity contribution is 5.80. The van der Waals surface area contributed by atoms with Crippen molar-refractivity contribution in [3.63, 3.8) is 0 Å². The molecule has 0 atom stereocenters. The van der Waals surface area contributed by atoms with Crippen molar-refractivity contribution in [2.75, 3.05) is 0 Å². The van der Waals surface area contributed by atoms with Crippen LogP contribution in [0.2, 0.25) is 0 Å². The number of nitro groups is 1. The van der Waals surface area contributed by atoms with Crippen molar-refractivity contribution in [3.05, 3.63) is 68.6 Å². The van der Waals surface area contributed by atoms with Gasteiger partial charge in [-0.1, -0.05) is 12.1 Å². The molecule has 0 spiro atoms. The van der Waals surface area contributed by atoms with Gasteiger partial charge in [0.15, 0.2) is 0 Å². The van der Waals surface area contributed by atoms with E-state index in [1.165, 1.54) is 24.3 Å². The maximum Gasteiger partial charge on any atom is 0.402 e. The van der Waals surface area contributed by atoms with Gasteiger partial charge in [0.2, 0.25) is 0 Å². The van der Waals surface area contributed by atoms with E-state index in [4.69, 9.17) is 9.15 Å². The first-order valence-electron chi connectivity index (χ1n) is 6.37. The summed E-state index contributed by atoms with van der Waals surface area (Å²) in [5.74, 6) is 0.285. The predicted octanol–water partition coefficient (Wildman–Crippen LogP) is 3.20. The van der Waals surface area contributed by atoms with Crippen LogP contribution < -0.4 is 10.4 Å². The molecule has 22 heavy (non-hydrogen) atoms. The van der Waals surface area contributed by atoms with E-state index in [0.29, 0.717) is 10.9 Å². The Morgan fingerprint density at radius 2 is 1.91 bits per heavy atom. The SMILES string of the molecule is Cc1cccc2nc(Oc3ccc([N+](=O)[O-])cc3)oc(=O)c12. The van der Waals surface area contributed by atoms with Gasteiger partial charge in [-0.25, -0.2) is 4.79 Å². The molecule has 110 valence electrons. The Morgan fingerprint density at radius 1 is 1.18 bits per heavy atom. The molecule has 1 heterocycles. The summed E-state index contributed by atoms with van der Waals surface area (Å²) >= 11 is 0. The Balaban J connectivity index is 1.97. The van der Waals surface area contributed by atoms with E-state index in [-0.39, 0.29) is 17.5 Å². The quantitative estimate of drug-likeness (QED) is 0.544. The lowest BCUT2D eigenvalue weighted by molar-refractivity contribution is -0.384. The first-order chi connectivity index (χ1) is 10.5. The summed E-state index contributed by atoms with van der Waals surface area (Å²) in [6.45, 7) is 1.79. The molecular formula is C15H10N2O5. The fourth-order valence-electron chi connectivity index (χ4n) is 2.04. The number of rotatable bonds is 3. The Bertz CT molecular complexity index is 915. The standard InChI is InChI=1S/C15H10N2O5/c1-9-3-2-4-12-13(9)14(18)22-15(16-12)21-11-7-5-10(6-8-11)17(19)20/h2-8H,1H3. The van der Waals surface area contributed by atoms with Crippen molar-refractivity contribution in [1.29, 1.82) is 0 Å². The second-order valence-corrected chi connectivity index (χ2v) is 4.59. The number of benzene rings is 2. The fraction of sp³-hybridized carbons (Fsp3) is 0.0667. The van der Waals surface area contributed by atoms with E-state index in [9.17, 15) is 14.9 Å². The number of aryl methyl sites for hydroxylation is 1. The number of non-ortho nitro benzene ring substituents is 1. The van der Waals surface area contributed by atoms with E-state index >= 15 is 0 Å². The summed E-state index contributed by atoms with van der Waals surface area (Å²) in [4.78, 5) is 26.2. The zero-order valence-corrected chi connectivity index (χ0v) is 11.5. The number of nitro benzene ring substituents is 1. The zero-order valence-electron chi connectivity index (χ0n) is 11.5. The lowest BCUT2D eigenvalue weighted by atomic mass is 10.1. The lowest BCUT2D eigenvalue weighted by Crippen LogP contribution is -2.04. The molecule has 0 amide bonds. The van der Waals surface area contributed by atoms with Gasteiger partial charge in [-0.2, -0.15) is 4.98 Å². The average molecular weight is 298 g/mol. The predicted molar refractivity (Wildman–Crippen MR) is 78.2 cm³/mol. The molecule has 0 saturated carbocycles. The molecule has 0 N–H and O–H groups in total. The van der Waals surface area contributed by atoms with Gasteiger partial charge in [0, 0.05) is 12.1 Å². The van der Waals surface area contributed by atoms with Crippen LogP contribution in [-0.4, -0.2) is 9.91 Å². The molecule has 2 aromatic carbocycles.